The third-order valence-corrected chi connectivity index (χ3v) is 4.88. The van der Waals surface area contributed by atoms with E-state index < -0.39 is 28.3 Å². The fourth-order valence-corrected chi connectivity index (χ4v) is 3.69. The van der Waals surface area contributed by atoms with E-state index >= 15 is 0 Å². The number of urea groups is 1. The summed E-state index contributed by atoms with van der Waals surface area (Å²) in [5.41, 5.74) is -0.554. The molecular formula is C19H32N6O3S. The second kappa shape index (κ2) is 11.5. The van der Waals surface area contributed by atoms with Crippen LogP contribution in [0.5, 0.6) is 0 Å². The molecule has 0 saturated heterocycles. The van der Waals surface area contributed by atoms with E-state index in [0.29, 0.717) is 6.42 Å². The average Bonchev–Trinajstić information content (AvgIpc) is 2.56. The van der Waals surface area contributed by atoms with Crippen LogP contribution in [0.4, 0.5) is 4.79 Å². The zero-order valence-corrected chi connectivity index (χ0v) is 18.9. The van der Waals surface area contributed by atoms with Gasteiger partial charge in [-0.1, -0.05) is 20.8 Å². The quantitative estimate of drug-likeness (QED) is 0.309. The van der Waals surface area contributed by atoms with Crippen molar-refractivity contribution in [3.63, 3.8) is 0 Å². The van der Waals surface area contributed by atoms with Gasteiger partial charge in [-0.25, -0.2) is 4.79 Å². The van der Waals surface area contributed by atoms with Crippen molar-refractivity contribution in [1.82, 2.24) is 21.3 Å². The van der Waals surface area contributed by atoms with E-state index in [2.05, 4.69) is 42.0 Å². The Labute approximate surface area is 177 Å². The third-order valence-electron chi connectivity index (χ3n) is 3.75. The second-order valence-electron chi connectivity index (χ2n) is 8.51. The maximum atomic E-state index is 12.8. The van der Waals surface area contributed by atoms with Crippen LogP contribution >= 0.6 is 11.8 Å². The highest BCUT2D eigenvalue weighted by molar-refractivity contribution is 8.00. The highest BCUT2D eigenvalue weighted by Gasteiger charge is 2.40. The van der Waals surface area contributed by atoms with Crippen LogP contribution in [0.1, 0.15) is 53.9 Å². The topological polar surface area (TPSA) is 147 Å². The molecule has 1 unspecified atom stereocenters. The molecule has 0 aliphatic heterocycles. The summed E-state index contributed by atoms with van der Waals surface area (Å²) < 4.78 is 0. The Balaban J connectivity index is 5.42. The van der Waals surface area contributed by atoms with Gasteiger partial charge in [-0.15, -0.1) is 11.8 Å². The van der Waals surface area contributed by atoms with Crippen LogP contribution in [-0.4, -0.2) is 47.6 Å². The van der Waals surface area contributed by atoms with Gasteiger partial charge in [-0.2, -0.15) is 10.5 Å². The fourth-order valence-electron chi connectivity index (χ4n) is 3.02. The van der Waals surface area contributed by atoms with Crippen molar-refractivity contribution in [2.75, 3.05) is 19.3 Å². The monoisotopic (exact) mass is 424 g/mol. The van der Waals surface area contributed by atoms with Crippen LogP contribution < -0.4 is 21.3 Å². The highest BCUT2D eigenvalue weighted by atomic mass is 32.2. The summed E-state index contributed by atoms with van der Waals surface area (Å²) in [7, 11) is 0. The van der Waals surface area contributed by atoms with Crippen LogP contribution in [-0.2, 0) is 9.59 Å². The van der Waals surface area contributed by atoms with Crippen LogP contribution in [0.25, 0.3) is 0 Å². The first-order valence-corrected chi connectivity index (χ1v) is 10.5. The Kier molecular flexibility index (Phi) is 10.5. The molecule has 0 fully saturated rings. The number of hydrogen-bond acceptors (Lipinski definition) is 6. The van der Waals surface area contributed by atoms with Gasteiger partial charge in [0.05, 0.1) is 25.1 Å². The maximum absolute atomic E-state index is 12.8. The van der Waals surface area contributed by atoms with Gasteiger partial charge < -0.3 is 21.3 Å². The Morgan fingerprint density at radius 3 is 2.07 bits per heavy atom. The predicted octanol–water partition coefficient (Wildman–Crippen LogP) is 1.62. The molecule has 0 aromatic heterocycles. The number of hydrogen-bond donors (Lipinski definition) is 4. The first-order chi connectivity index (χ1) is 13.3. The Morgan fingerprint density at radius 1 is 0.966 bits per heavy atom. The molecule has 0 aliphatic rings. The highest BCUT2D eigenvalue weighted by Crippen LogP contribution is 2.27. The molecule has 0 spiro atoms. The van der Waals surface area contributed by atoms with Crippen molar-refractivity contribution < 1.29 is 14.4 Å². The minimum atomic E-state index is -1.50. The number of nitrogens with zero attached hydrogens (tertiary/aromatic N) is 2. The summed E-state index contributed by atoms with van der Waals surface area (Å²) in [6, 6.07) is 3.10. The number of amides is 4. The van der Waals surface area contributed by atoms with Gasteiger partial charge >= 0.3 is 6.03 Å². The molecule has 4 amide bonds. The van der Waals surface area contributed by atoms with Crippen molar-refractivity contribution in [2.24, 2.45) is 5.41 Å². The van der Waals surface area contributed by atoms with Crippen LogP contribution in [0.2, 0.25) is 0 Å². The smallest absolute Gasteiger partial charge is 0.316 e. The van der Waals surface area contributed by atoms with Crippen LogP contribution in [0, 0.1) is 28.1 Å². The molecule has 0 saturated carbocycles. The zero-order valence-electron chi connectivity index (χ0n) is 18.1. The lowest BCUT2D eigenvalue weighted by Crippen LogP contribution is -2.65. The Bertz CT molecular complexity index is 675. The molecular weight excluding hydrogens is 392 g/mol. The standard InChI is InChI=1S/C19H32N6O3S/c1-17(2,3)12-18(4,5)24-16(28)25-19(29-6,13-23-14(26)8-10-21)15(27)22-11-7-9-20/h7-8,11-13H2,1-6H3,(H,22,27)(H,23,26)(H2,24,25,28). The molecule has 0 radical (unpaired) electrons. The van der Waals surface area contributed by atoms with Crippen molar-refractivity contribution in [1.29, 1.82) is 10.5 Å². The summed E-state index contributed by atoms with van der Waals surface area (Å²) in [5, 5.41) is 27.9. The first-order valence-electron chi connectivity index (χ1n) is 9.25. The predicted molar refractivity (Wildman–Crippen MR) is 113 cm³/mol. The molecule has 0 aromatic carbocycles. The Hall–Kier alpha value is -2.46. The molecule has 0 heterocycles. The molecule has 0 aliphatic carbocycles. The SMILES string of the molecule is CSC(CNC(=O)CC#N)(NC(=O)NC(C)(C)CC(C)(C)C)C(=O)NCCC#N. The van der Waals surface area contributed by atoms with Gasteiger partial charge in [-0.3, -0.25) is 9.59 Å². The van der Waals surface area contributed by atoms with Gasteiger partial charge in [0.2, 0.25) is 5.91 Å². The molecule has 0 aromatic rings. The summed E-state index contributed by atoms with van der Waals surface area (Å²) in [4.78, 5) is 35.7. The fraction of sp³-hybridized carbons (Fsp3) is 0.737. The van der Waals surface area contributed by atoms with E-state index in [1.165, 1.54) is 0 Å². The lowest BCUT2D eigenvalue weighted by atomic mass is 9.82. The second-order valence-corrected chi connectivity index (χ2v) is 9.61. The van der Waals surface area contributed by atoms with E-state index in [1.807, 2.05) is 19.9 Å². The van der Waals surface area contributed by atoms with Gasteiger partial charge in [0.25, 0.3) is 5.91 Å². The summed E-state index contributed by atoms with van der Waals surface area (Å²) in [6.07, 6.45) is 2.08. The van der Waals surface area contributed by atoms with E-state index in [9.17, 15) is 14.4 Å². The van der Waals surface area contributed by atoms with E-state index in [1.54, 1.807) is 12.3 Å². The maximum Gasteiger partial charge on any atom is 0.316 e. The van der Waals surface area contributed by atoms with Gasteiger partial charge in [0, 0.05) is 12.1 Å². The molecule has 1 atom stereocenters. The van der Waals surface area contributed by atoms with Gasteiger partial charge in [-0.05, 0) is 31.9 Å². The van der Waals surface area contributed by atoms with Crippen molar-refractivity contribution in [2.45, 2.75) is 64.3 Å². The normalized spacial score (nSPS) is 13.2. The third kappa shape index (κ3) is 10.6. The van der Waals surface area contributed by atoms with Crippen molar-refractivity contribution in [3.05, 3.63) is 0 Å². The molecule has 9 nitrogen and oxygen atoms in total. The lowest BCUT2D eigenvalue weighted by molar-refractivity contribution is -0.124. The average molecular weight is 425 g/mol. The van der Waals surface area contributed by atoms with Crippen LogP contribution in [0.15, 0.2) is 0 Å². The molecule has 0 bridgehead atoms. The molecule has 0 rings (SSSR count). The van der Waals surface area contributed by atoms with E-state index in [4.69, 9.17) is 10.5 Å². The molecule has 10 heteroatoms. The zero-order chi connectivity index (χ0) is 22.7. The first kappa shape index (κ1) is 26.5. The number of thioether (sulfide) groups is 1. The van der Waals surface area contributed by atoms with E-state index in [-0.39, 0.29) is 31.3 Å². The minimum Gasteiger partial charge on any atom is -0.352 e. The summed E-state index contributed by atoms with van der Waals surface area (Å²) in [5.74, 6) is -1.09. The number of nitriles is 2. The van der Waals surface area contributed by atoms with Crippen molar-refractivity contribution >= 4 is 29.6 Å². The van der Waals surface area contributed by atoms with Crippen molar-refractivity contribution in [3.8, 4) is 12.1 Å². The minimum absolute atomic E-state index is 0.0205. The lowest BCUT2D eigenvalue weighted by Gasteiger charge is -2.36. The summed E-state index contributed by atoms with van der Waals surface area (Å²) >= 11 is 1.05. The molecule has 4 N–H and O–H groups in total. The van der Waals surface area contributed by atoms with Gasteiger partial charge in [0.15, 0.2) is 4.87 Å². The van der Waals surface area contributed by atoms with Crippen LogP contribution in [0.3, 0.4) is 0 Å². The van der Waals surface area contributed by atoms with E-state index in [0.717, 1.165) is 11.8 Å². The number of nitrogens with one attached hydrogen (secondary N) is 4. The number of carbonyl (C=O) groups is 3. The summed E-state index contributed by atoms with van der Waals surface area (Å²) in [6.45, 7) is 9.87. The van der Waals surface area contributed by atoms with Gasteiger partial charge in [0.1, 0.15) is 6.42 Å². The molecule has 29 heavy (non-hydrogen) atoms. The Morgan fingerprint density at radius 2 is 1.59 bits per heavy atom. The number of carbonyl (C=O) groups excluding carboxylic acids is 3. The molecule has 162 valence electrons. The number of rotatable bonds is 10. The largest absolute Gasteiger partial charge is 0.352 e.